The molecule has 1 aliphatic rings. The van der Waals surface area contributed by atoms with Gasteiger partial charge in [-0.15, -0.1) is 0 Å². The van der Waals surface area contributed by atoms with Crippen LogP contribution in [0.3, 0.4) is 0 Å². The van der Waals surface area contributed by atoms with Crippen LogP contribution in [-0.2, 0) is 6.54 Å². The molecule has 1 N–H and O–H groups in total. The lowest BCUT2D eigenvalue weighted by molar-refractivity contribution is 0.344. The van der Waals surface area contributed by atoms with E-state index in [0.717, 1.165) is 39.3 Å². The first-order valence-electron chi connectivity index (χ1n) is 6.61. The summed E-state index contributed by atoms with van der Waals surface area (Å²) < 4.78 is 7.77. The van der Waals surface area contributed by atoms with Gasteiger partial charge in [-0.05, 0) is 74.4 Å². The van der Waals surface area contributed by atoms with Crippen LogP contribution in [0.4, 0.5) is 0 Å². The molecule has 1 aliphatic carbocycles. The second kappa shape index (κ2) is 6.91. The minimum absolute atomic E-state index is 0.563. The Morgan fingerprint density at radius 2 is 2.00 bits per heavy atom. The van der Waals surface area contributed by atoms with Crippen LogP contribution in [0.25, 0.3) is 0 Å². The molecule has 2 rings (SSSR count). The molecule has 0 saturated heterocycles. The Hall–Kier alpha value is -0.320. The van der Waals surface area contributed by atoms with E-state index in [4.69, 9.17) is 4.74 Å². The Morgan fingerprint density at radius 1 is 1.37 bits per heavy atom. The molecule has 104 valence electrons. The maximum Gasteiger partial charge on any atom is 0.148 e. The van der Waals surface area contributed by atoms with Crippen molar-refractivity contribution in [3.05, 3.63) is 38.8 Å². The van der Waals surface area contributed by atoms with Crippen molar-refractivity contribution < 1.29 is 4.74 Å². The van der Waals surface area contributed by atoms with Gasteiger partial charge in [0.05, 0.1) is 8.95 Å². The van der Waals surface area contributed by atoms with Crippen LogP contribution in [0.15, 0.2) is 33.2 Å². The molecule has 0 heterocycles. The number of ether oxygens (including phenoxy) is 1. The zero-order valence-corrected chi connectivity index (χ0v) is 14.3. The first-order chi connectivity index (χ1) is 9.10. The third kappa shape index (κ3) is 4.62. The fourth-order valence-electron chi connectivity index (χ4n) is 1.68. The van der Waals surface area contributed by atoms with E-state index in [1.165, 1.54) is 18.4 Å². The van der Waals surface area contributed by atoms with Crippen molar-refractivity contribution in [2.24, 2.45) is 0 Å². The summed E-state index contributed by atoms with van der Waals surface area (Å²) in [5, 5.41) is 3.51. The van der Waals surface area contributed by atoms with Crippen molar-refractivity contribution in [3.8, 4) is 5.75 Å². The average molecular weight is 389 g/mol. The fraction of sp³-hybridized carbons (Fsp3) is 0.467. The second-order valence-electron chi connectivity index (χ2n) is 4.94. The van der Waals surface area contributed by atoms with E-state index in [2.05, 4.69) is 62.8 Å². The number of halogens is 2. The van der Waals surface area contributed by atoms with Gasteiger partial charge in [-0.25, -0.2) is 0 Å². The maximum absolute atomic E-state index is 5.80. The van der Waals surface area contributed by atoms with E-state index < -0.39 is 0 Å². The van der Waals surface area contributed by atoms with Gasteiger partial charge < -0.3 is 10.1 Å². The zero-order chi connectivity index (χ0) is 13.8. The van der Waals surface area contributed by atoms with E-state index >= 15 is 0 Å². The molecular formula is C15H19Br2NO. The molecule has 0 bridgehead atoms. The van der Waals surface area contributed by atoms with Crippen molar-refractivity contribution in [1.82, 2.24) is 5.32 Å². The molecule has 1 fully saturated rings. The molecule has 1 saturated carbocycles. The largest absolute Gasteiger partial charge is 0.487 e. The summed E-state index contributed by atoms with van der Waals surface area (Å²) >= 11 is 7.16. The van der Waals surface area contributed by atoms with E-state index in [0.29, 0.717) is 6.61 Å². The van der Waals surface area contributed by atoms with Crippen molar-refractivity contribution in [2.45, 2.75) is 38.8 Å². The van der Waals surface area contributed by atoms with Gasteiger partial charge in [-0.2, -0.15) is 0 Å². The van der Waals surface area contributed by atoms with Crippen LogP contribution >= 0.6 is 31.9 Å². The Kier molecular flexibility index (Phi) is 5.48. The summed E-state index contributed by atoms with van der Waals surface area (Å²) in [6, 6.07) is 4.95. The summed E-state index contributed by atoms with van der Waals surface area (Å²) in [6.07, 6.45) is 3.56. The molecule has 0 atom stereocenters. The van der Waals surface area contributed by atoms with E-state index in [1.807, 2.05) is 0 Å². The third-order valence-corrected chi connectivity index (χ3v) is 4.33. The standard InChI is InChI=1S/C15H19Br2NO/c1-3-10(2)9-19-15-13(16)6-11(7-14(15)17)8-18-12-4-5-12/h6-7,12,18H,2-5,8-9H2,1H3. The van der Waals surface area contributed by atoms with Gasteiger partial charge in [0, 0.05) is 12.6 Å². The Morgan fingerprint density at radius 3 is 2.53 bits per heavy atom. The van der Waals surface area contributed by atoms with Gasteiger partial charge in [-0.3, -0.25) is 0 Å². The van der Waals surface area contributed by atoms with E-state index in [1.54, 1.807) is 0 Å². The Bertz CT molecular complexity index is 446. The van der Waals surface area contributed by atoms with Gasteiger partial charge >= 0.3 is 0 Å². The average Bonchev–Trinajstić information content (AvgIpc) is 3.19. The Balaban J connectivity index is 2.00. The molecule has 0 unspecified atom stereocenters. The zero-order valence-electron chi connectivity index (χ0n) is 11.1. The van der Waals surface area contributed by atoms with Crippen LogP contribution in [0.2, 0.25) is 0 Å². The Labute approximate surface area is 131 Å². The highest BCUT2D eigenvalue weighted by Gasteiger charge is 2.20. The van der Waals surface area contributed by atoms with Gasteiger partial charge in [0.1, 0.15) is 12.4 Å². The second-order valence-corrected chi connectivity index (χ2v) is 6.64. The first-order valence-corrected chi connectivity index (χ1v) is 8.19. The van der Waals surface area contributed by atoms with E-state index in [-0.39, 0.29) is 0 Å². The molecule has 0 spiro atoms. The molecule has 2 nitrogen and oxygen atoms in total. The van der Waals surface area contributed by atoms with Gasteiger partial charge in [0.25, 0.3) is 0 Å². The van der Waals surface area contributed by atoms with Gasteiger partial charge in [0.15, 0.2) is 0 Å². The fourth-order valence-corrected chi connectivity index (χ4v) is 3.19. The number of rotatable bonds is 7. The normalized spacial score (nSPS) is 14.5. The van der Waals surface area contributed by atoms with Crippen LogP contribution in [0.5, 0.6) is 5.75 Å². The quantitative estimate of drug-likeness (QED) is 0.676. The molecule has 0 amide bonds. The lowest BCUT2D eigenvalue weighted by atomic mass is 10.2. The van der Waals surface area contributed by atoms with Crippen molar-refractivity contribution in [3.63, 3.8) is 0 Å². The molecule has 1 aromatic carbocycles. The maximum atomic E-state index is 5.80. The monoisotopic (exact) mass is 387 g/mol. The predicted molar refractivity (Wildman–Crippen MR) is 86.6 cm³/mol. The number of hydrogen-bond acceptors (Lipinski definition) is 2. The van der Waals surface area contributed by atoms with Crippen LogP contribution < -0.4 is 10.1 Å². The van der Waals surface area contributed by atoms with Crippen molar-refractivity contribution in [2.75, 3.05) is 6.61 Å². The smallest absolute Gasteiger partial charge is 0.148 e. The number of hydrogen-bond donors (Lipinski definition) is 1. The first kappa shape index (κ1) is 15.1. The van der Waals surface area contributed by atoms with Crippen LogP contribution in [-0.4, -0.2) is 12.6 Å². The molecule has 0 radical (unpaired) electrons. The topological polar surface area (TPSA) is 21.3 Å². The molecule has 4 heteroatoms. The SMILES string of the molecule is C=C(CC)COc1c(Br)cc(CNC2CC2)cc1Br. The van der Waals surface area contributed by atoms with E-state index in [9.17, 15) is 0 Å². The highest BCUT2D eigenvalue weighted by molar-refractivity contribution is 9.11. The number of benzene rings is 1. The van der Waals surface area contributed by atoms with Crippen molar-refractivity contribution in [1.29, 1.82) is 0 Å². The minimum Gasteiger partial charge on any atom is -0.487 e. The van der Waals surface area contributed by atoms with Gasteiger partial charge in [0.2, 0.25) is 0 Å². The molecule has 0 aliphatic heterocycles. The number of nitrogens with one attached hydrogen (secondary N) is 1. The highest BCUT2D eigenvalue weighted by Crippen LogP contribution is 2.35. The summed E-state index contributed by atoms with van der Waals surface area (Å²) in [5.74, 6) is 0.852. The van der Waals surface area contributed by atoms with Crippen LogP contribution in [0, 0.1) is 0 Å². The predicted octanol–water partition coefficient (Wildman–Crippen LogP) is 4.81. The molecular weight excluding hydrogens is 370 g/mol. The molecule has 1 aromatic rings. The van der Waals surface area contributed by atoms with Gasteiger partial charge in [-0.1, -0.05) is 13.5 Å². The summed E-state index contributed by atoms with van der Waals surface area (Å²) in [4.78, 5) is 0. The van der Waals surface area contributed by atoms with Crippen molar-refractivity contribution >= 4 is 31.9 Å². The highest BCUT2D eigenvalue weighted by atomic mass is 79.9. The summed E-state index contributed by atoms with van der Waals surface area (Å²) in [5.41, 5.74) is 2.35. The molecule has 0 aromatic heterocycles. The summed E-state index contributed by atoms with van der Waals surface area (Å²) in [6.45, 7) is 7.51. The third-order valence-electron chi connectivity index (χ3n) is 3.15. The van der Waals surface area contributed by atoms with Crippen LogP contribution in [0.1, 0.15) is 31.7 Å². The lowest BCUT2D eigenvalue weighted by Gasteiger charge is -2.13. The summed E-state index contributed by atoms with van der Waals surface area (Å²) in [7, 11) is 0. The minimum atomic E-state index is 0.563. The molecule has 19 heavy (non-hydrogen) atoms. The lowest BCUT2D eigenvalue weighted by Crippen LogP contribution is -2.15.